The van der Waals surface area contributed by atoms with Crippen molar-refractivity contribution in [2.24, 2.45) is 5.41 Å². The maximum atomic E-state index is 12.0. The zero-order valence-corrected chi connectivity index (χ0v) is 13.3. The number of hydrogen-bond acceptors (Lipinski definition) is 2. The molecule has 0 bridgehead atoms. The molecule has 21 heavy (non-hydrogen) atoms. The highest BCUT2D eigenvalue weighted by Crippen LogP contribution is 2.26. The van der Waals surface area contributed by atoms with Gasteiger partial charge in [0.05, 0.1) is 5.41 Å². The van der Waals surface area contributed by atoms with Gasteiger partial charge in [-0.2, -0.15) is 0 Å². The zero-order chi connectivity index (χ0) is 16.1. The molecule has 0 saturated heterocycles. The van der Waals surface area contributed by atoms with E-state index < -0.39 is 11.4 Å². The maximum Gasteiger partial charge on any atom is 0.309 e. The smallest absolute Gasteiger partial charge is 0.309 e. The number of hydrogen-bond donors (Lipinski definition) is 2. The Morgan fingerprint density at radius 1 is 1.10 bits per heavy atom. The topological polar surface area (TPSA) is 66.4 Å². The van der Waals surface area contributed by atoms with Crippen LogP contribution in [0.25, 0.3) is 0 Å². The van der Waals surface area contributed by atoms with Gasteiger partial charge in [0.15, 0.2) is 0 Å². The Balaban J connectivity index is 2.49. The molecule has 1 aromatic rings. The summed E-state index contributed by atoms with van der Waals surface area (Å²) in [6, 6.07) is 9.91. The predicted octanol–water partition coefficient (Wildman–Crippen LogP) is 2.97. The van der Waals surface area contributed by atoms with Crippen molar-refractivity contribution >= 4 is 11.9 Å². The van der Waals surface area contributed by atoms with Crippen molar-refractivity contribution in [2.45, 2.75) is 46.0 Å². The van der Waals surface area contributed by atoms with E-state index >= 15 is 0 Å². The second-order valence-electron chi connectivity index (χ2n) is 6.72. The molecule has 1 amide bonds. The molecule has 2 N–H and O–H groups in total. The van der Waals surface area contributed by atoms with Crippen LogP contribution in [0.5, 0.6) is 0 Å². The van der Waals surface area contributed by atoms with E-state index in [1.807, 2.05) is 44.2 Å². The minimum atomic E-state index is -0.846. The molecule has 4 heteroatoms. The first-order valence-corrected chi connectivity index (χ1v) is 7.21. The molecule has 0 unspecified atom stereocenters. The van der Waals surface area contributed by atoms with Gasteiger partial charge in [0.1, 0.15) is 0 Å². The molecule has 0 fully saturated rings. The van der Waals surface area contributed by atoms with E-state index in [0.717, 1.165) is 5.56 Å². The third-order valence-electron chi connectivity index (χ3n) is 3.81. The van der Waals surface area contributed by atoms with E-state index in [9.17, 15) is 9.59 Å². The number of carbonyl (C=O) groups excluding carboxylic acids is 1. The number of amides is 1. The molecule has 0 saturated carbocycles. The fourth-order valence-corrected chi connectivity index (χ4v) is 2.08. The van der Waals surface area contributed by atoms with Gasteiger partial charge in [0.25, 0.3) is 0 Å². The second-order valence-corrected chi connectivity index (χ2v) is 6.72. The van der Waals surface area contributed by atoms with Crippen LogP contribution in [0.3, 0.4) is 0 Å². The molecule has 4 nitrogen and oxygen atoms in total. The van der Waals surface area contributed by atoms with E-state index in [1.54, 1.807) is 13.8 Å². The van der Waals surface area contributed by atoms with Crippen molar-refractivity contribution in [3.05, 3.63) is 35.9 Å². The van der Waals surface area contributed by atoms with Gasteiger partial charge in [-0.3, -0.25) is 9.59 Å². The van der Waals surface area contributed by atoms with Gasteiger partial charge in [0.2, 0.25) is 5.91 Å². The molecule has 1 rings (SSSR count). The van der Waals surface area contributed by atoms with Gasteiger partial charge < -0.3 is 10.4 Å². The Bertz CT molecular complexity index is 492. The summed E-state index contributed by atoms with van der Waals surface area (Å²) in [6.07, 6.45) is 0.796. The Morgan fingerprint density at radius 2 is 1.67 bits per heavy atom. The number of carboxylic acid groups (broad SMARTS) is 1. The third-order valence-corrected chi connectivity index (χ3v) is 3.81. The standard InChI is InChI=1S/C17H25NO3/c1-16(2,15(20)21)10-11-18-14(19)12-17(3,4)13-8-6-5-7-9-13/h5-9H,10-12H2,1-4H3,(H,18,19)(H,20,21). The average Bonchev–Trinajstić information content (AvgIpc) is 2.38. The van der Waals surface area contributed by atoms with Crippen molar-refractivity contribution in [2.75, 3.05) is 6.54 Å². The van der Waals surface area contributed by atoms with E-state index in [0.29, 0.717) is 19.4 Å². The van der Waals surface area contributed by atoms with Crippen molar-refractivity contribution in [1.82, 2.24) is 5.32 Å². The van der Waals surface area contributed by atoms with E-state index in [2.05, 4.69) is 5.32 Å². The zero-order valence-electron chi connectivity index (χ0n) is 13.3. The predicted molar refractivity (Wildman–Crippen MR) is 83.1 cm³/mol. The van der Waals surface area contributed by atoms with Crippen LogP contribution >= 0.6 is 0 Å². The normalized spacial score (nSPS) is 12.0. The molecule has 0 aliphatic carbocycles. The maximum absolute atomic E-state index is 12.0. The molecule has 0 spiro atoms. The summed E-state index contributed by atoms with van der Waals surface area (Å²) in [7, 11) is 0. The fraction of sp³-hybridized carbons (Fsp3) is 0.529. The van der Waals surface area contributed by atoms with Crippen molar-refractivity contribution in [3.63, 3.8) is 0 Å². The summed E-state index contributed by atoms with van der Waals surface area (Å²) >= 11 is 0. The van der Waals surface area contributed by atoms with Crippen LogP contribution in [0.1, 0.15) is 46.1 Å². The first kappa shape index (κ1) is 17.2. The minimum Gasteiger partial charge on any atom is -0.481 e. The Morgan fingerprint density at radius 3 is 2.19 bits per heavy atom. The van der Waals surface area contributed by atoms with E-state index in [1.165, 1.54) is 0 Å². The highest BCUT2D eigenvalue weighted by molar-refractivity contribution is 5.78. The molecule has 0 aromatic heterocycles. The lowest BCUT2D eigenvalue weighted by Crippen LogP contribution is -2.34. The lowest BCUT2D eigenvalue weighted by molar-refractivity contribution is -0.147. The summed E-state index contributed by atoms with van der Waals surface area (Å²) in [5, 5.41) is 11.8. The Labute approximate surface area is 126 Å². The number of rotatable bonds is 7. The van der Waals surface area contributed by atoms with E-state index in [-0.39, 0.29) is 11.3 Å². The molecule has 0 atom stereocenters. The van der Waals surface area contributed by atoms with Crippen molar-refractivity contribution in [3.8, 4) is 0 Å². The Kier molecular flexibility index (Phi) is 5.53. The summed E-state index contributed by atoms with van der Waals surface area (Å²) in [6.45, 7) is 7.76. The van der Waals surface area contributed by atoms with Crippen LogP contribution in [0.2, 0.25) is 0 Å². The second kappa shape index (κ2) is 6.74. The first-order valence-electron chi connectivity index (χ1n) is 7.21. The molecule has 0 aliphatic heterocycles. The summed E-state index contributed by atoms with van der Waals surface area (Å²) in [4.78, 5) is 23.0. The van der Waals surface area contributed by atoms with Crippen LogP contribution in [0.4, 0.5) is 0 Å². The van der Waals surface area contributed by atoms with Crippen molar-refractivity contribution in [1.29, 1.82) is 0 Å². The fourth-order valence-electron chi connectivity index (χ4n) is 2.08. The minimum absolute atomic E-state index is 0.0509. The number of benzene rings is 1. The summed E-state index contributed by atoms with van der Waals surface area (Å²) < 4.78 is 0. The Hall–Kier alpha value is -1.84. The highest BCUT2D eigenvalue weighted by Gasteiger charge is 2.27. The monoisotopic (exact) mass is 291 g/mol. The molecule has 1 aromatic carbocycles. The number of aliphatic carboxylic acids is 1. The lowest BCUT2D eigenvalue weighted by Gasteiger charge is -2.25. The lowest BCUT2D eigenvalue weighted by atomic mass is 9.81. The van der Waals surface area contributed by atoms with Crippen molar-refractivity contribution < 1.29 is 14.7 Å². The van der Waals surface area contributed by atoms with Gasteiger partial charge in [0, 0.05) is 13.0 Å². The van der Waals surface area contributed by atoms with Gasteiger partial charge in [-0.25, -0.2) is 0 Å². The van der Waals surface area contributed by atoms with Gasteiger partial charge in [-0.15, -0.1) is 0 Å². The molecule has 0 heterocycles. The quantitative estimate of drug-likeness (QED) is 0.811. The van der Waals surface area contributed by atoms with Crippen LogP contribution in [0, 0.1) is 5.41 Å². The van der Waals surface area contributed by atoms with Crippen LogP contribution in [0.15, 0.2) is 30.3 Å². The van der Waals surface area contributed by atoms with Crippen LogP contribution in [-0.4, -0.2) is 23.5 Å². The molecular formula is C17H25NO3. The van der Waals surface area contributed by atoms with Gasteiger partial charge in [-0.05, 0) is 31.2 Å². The van der Waals surface area contributed by atoms with Gasteiger partial charge >= 0.3 is 5.97 Å². The summed E-state index contributed by atoms with van der Waals surface area (Å²) in [5.41, 5.74) is 0.0570. The number of carbonyl (C=O) groups is 2. The molecule has 116 valence electrons. The van der Waals surface area contributed by atoms with E-state index in [4.69, 9.17) is 5.11 Å². The third kappa shape index (κ3) is 5.21. The van der Waals surface area contributed by atoms with Crippen LogP contribution in [-0.2, 0) is 15.0 Å². The SMILES string of the molecule is CC(C)(CCNC(=O)CC(C)(C)c1ccccc1)C(=O)O. The van der Waals surface area contributed by atoms with Crippen LogP contribution < -0.4 is 5.32 Å². The largest absolute Gasteiger partial charge is 0.481 e. The molecular weight excluding hydrogens is 266 g/mol. The van der Waals surface area contributed by atoms with Gasteiger partial charge in [-0.1, -0.05) is 44.2 Å². The number of carboxylic acids is 1. The average molecular weight is 291 g/mol. The molecule has 0 radical (unpaired) electrons. The first-order chi connectivity index (χ1) is 9.65. The summed E-state index contributed by atoms with van der Waals surface area (Å²) in [5.74, 6) is -0.897. The number of nitrogens with one attached hydrogen (secondary N) is 1. The molecule has 0 aliphatic rings. The highest BCUT2D eigenvalue weighted by atomic mass is 16.4.